The van der Waals surface area contributed by atoms with Crippen LogP contribution >= 0.6 is 0 Å². The minimum absolute atomic E-state index is 0.0403. The molecule has 2 aliphatic heterocycles. The van der Waals surface area contributed by atoms with Gasteiger partial charge in [0, 0.05) is 44.1 Å². The Bertz CT molecular complexity index is 564. The monoisotopic (exact) mass is 331 g/mol. The predicted molar refractivity (Wildman–Crippen MR) is 95.1 cm³/mol. The Hall–Kier alpha value is -1.69. The fourth-order valence-corrected chi connectivity index (χ4v) is 3.31. The number of amides is 1. The molecule has 0 saturated carbocycles. The van der Waals surface area contributed by atoms with Crippen LogP contribution in [0.4, 0.5) is 5.82 Å². The van der Waals surface area contributed by atoms with Gasteiger partial charge in [-0.1, -0.05) is 20.8 Å². The standard InChI is InChI=1S/C18H29N5O/c1-18(2,3)15-6-7-16(21-20-15)23-11-14(12-23)22(4)10-13-5-8-17(24)19-9-13/h6-7,13-14H,5,8-12H2,1-4H3,(H,19,24). The molecule has 1 atom stereocenters. The van der Waals surface area contributed by atoms with Crippen molar-refractivity contribution in [1.29, 1.82) is 0 Å². The Labute approximate surface area is 144 Å². The first-order valence-electron chi connectivity index (χ1n) is 8.89. The highest BCUT2D eigenvalue weighted by atomic mass is 16.1. The molecule has 0 spiro atoms. The van der Waals surface area contributed by atoms with Crippen LogP contribution in [0.15, 0.2) is 12.1 Å². The molecular formula is C18H29N5O. The lowest BCUT2D eigenvalue weighted by Crippen LogP contribution is -2.60. The molecule has 1 unspecified atom stereocenters. The molecular weight excluding hydrogens is 302 g/mol. The normalized spacial score (nSPS) is 22.5. The lowest BCUT2D eigenvalue weighted by molar-refractivity contribution is -0.123. The van der Waals surface area contributed by atoms with Gasteiger partial charge in [0.15, 0.2) is 5.82 Å². The van der Waals surface area contributed by atoms with Crippen molar-refractivity contribution in [3.05, 3.63) is 17.8 Å². The van der Waals surface area contributed by atoms with Crippen LogP contribution in [0.1, 0.15) is 39.3 Å². The van der Waals surface area contributed by atoms with Gasteiger partial charge in [-0.3, -0.25) is 9.69 Å². The summed E-state index contributed by atoms with van der Waals surface area (Å²) >= 11 is 0. The van der Waals surface area contributed by atoms with Crippen molar-refractivity contribution in [3.63, 3.8) is 0 Å². The van der Waals surface area contributed by atoms with Gasteiger partial charge >= 0.3 is 0 Å². The number of hydrogen-bond acceptors (Lipinski definition) is 5. The van der Waals surface area contributed by atoms with Gasteiger partial charge < -0.3 is 10.2 Å². The van der Waals surface area contributed by atoms with E-state index in [0.717, 1.165) is 44.1 Å². The van der Waals surface area contributed by atoms with E-state index in [1.807, 2.05) is 0 Å². The van der Waals surface area contributed by atoms with Crippen molar-refractivity contribution in [2.24, 2.45) is 5.92 Å². The zero-order chi connectivity index (χ0) is 17.3. The first-order chi connectivity index (χ1) is 11.3. The van der Waals surface area contributed by atoms with Gasteiger partial charge in [-0.15, -0.1) is 5.10 Å². The van der Waals surface area contributed by atoms with E-state index in [2.05, 4.69) is 65.3 Å². The van der Waals surface area contributed by atoms with Crippen LogP contribution < -0.4 is 10.2 Å². The maximum absolute atomic E-state index is 11.2. The molecule has 2 fully saturated rings. The molecule has 24 heavy (non-hydrogen) atoms. The third kappa shape index (κ3) is 3.86. The van der Waals surface area contributed by atoms with Crippen molar-refractivity contribution in [3.8, 4) is 0 Å². The SMILES string of the molecule is CN(CC1CCC(=O)NC1)C1CN(c2ccc(C(C)(C)C)nn2)C1. The molecule has 6 nitrogen and oxygen atoms in total. The van der Waals surface area contributed by atoms with Gasteiger partial charge in [0.1, 0.15) is 0 Å². The first-order valence-corrected chi connectivity index (χ1v) is 8.89. The second-order valence-corrected chi connectivity index (χ2v) is 8.23. The maximum Gasteiger partial charge on any atom is 0.220 e. The quantitative estimate of drug-likeness (QED) is 0.904. The van der Waals surface area contributed by atoms with Crippen molar-refractivity contribution in [2.45, 2.75) is 45.1 Å². The number of nitrogens with zero attached hydrogens (tertiary/aromatic N) is 4. The van der Waals surface area contributed by atoms with Gasteiger partial charge in [0.2, 0.25) is 5.91 Å². The van der Waals surface area contributed by atoms with E-state index in [4.69, 9.17) is 0 Å². The summed E-state index contributed by atoms with van der Waals surface area (Å²) in [5, 5.41) is 11.7. The van der Waals surface area contributed by atoms with Gasteiger partial charge in [-0.25, -0.2) is 0 Å². The van der Waals surface area contributed by atoms with E-state index in [1.165, 1.54) is 0 Å². The van der Waals surface area contributed by atoms with E-state index in [9.17, 15) is 4.79 Å². The summed E-state index contributed by atoms with van der Waals surface area (Å²) in [6.45, 7) is 10.3. The van der Waals surface area contributed by atoms with E-state index < -0.39 is 0 Å². The minimum Gasteiger partial charge on any atom is -0.356 e. The summed E-state index contributed by atoms with van der Waals surface area (Å²) in [5.41, 5.74) is 1.07. The summed E-state index contributed by atoms with van der Waals surface area (Å²) in [6, 6.07) is 4.73. The summed E-state index contributed by atoms with van der Waals surface area (Å²) in [4.78, 5) is 15.9. The highest BCUT2D eigenvalue weighted by Gasteiger charge is 2.32. The number of piperidine rings is 1. The number of carbonyl (C=O) groups excluding carboxylic acids is 1. The van der Waals surface area contributed by atoms with Crippen molar-refractivity contribution in [1.82, 2.24) is 20.4 Å². The Kier molecular flexibility index (Phi) is 4.76. The Morgan fingerprint density at radius 3 is 2.58 bits per heavy atom. The zero-order valence-electron chi connectivity index (χ0n) is 15.2. The minimum atomic E-state index is 0.0403. The Morgan fingerprint density at radius 2 is 2.04 bits per heavy atom. The molecule has 132 valence electrons. The predicted octanol–water partition coefficient (Wildman–Crippen LogP) is 1.42. The van der Waals surface area contributed by atoms with Gasteiger partial charge in [0.25, 0.3) is 0 Å². The van der Waals surface area contributed by atoms with Crippen LogP contribution in [0.3, 0.4) is 0 Å². The number of rotatable bonds is 4. The lowest BCUT2D eigenvalue weighted by Gasteiger charge is -2.45. The van der Waals surface area contributed by atoms with E-state index in [1.54, 1.807) is 0 Å². The highest BCUT2D eigenvalue weighted by molar-refractivity contribution is 5.76. The smallest absolute Gasteiger partial charge is 0.220 e. The molecule has 2 saturated heterocycles. The first kappa shape index (κ1) is 17.1. The number of anilines is 1. The second-order valence-electron chi connectivity index (χ2n) is 8.23. The van der Waals surface area contributed by atoms with Gasteiger partial charge in [0.05, 0.1) is 5.69 Å². The molecule has 6 heteroatoms. The molecule has 1 amide bonds. The fourth-order valence-electron chi connectivity index (χ4n) is 3.31. The van der Waals surface area contributed by atoms with Crippen LogP contribution in [0.5, 0.6) is 0 Å². The number of hydrogen-bond donors (Lipinski definition) is 1. The van der Waals surface area contributed by atoms with E-state index >= 15 is 0 Å². The molecule has 3 heterocycles. The zero-order valence-corrected chi connectivity index (χ0v) is 15.2. The summed E-state index contributed by atoms with van der Waals surface area (Å²) in [6.07, 6.45) is 1.68. The van der Waals surface area contributed by atoms with E-state index in [0.29, 0.717) is 18.4 Å². The average Bonchev–Trinajstić information content (AvgIpc) is 2.48. The number of carbonyl (C=O) groups is 1. The van der Waals surface area contributed by atoms with Crippen molar-refractivity contribution < 1.29 is 4.79 Å². The molecule has 0 aromatic carbocycles. The second kappa shape index (κ2) is 6.67. The Morgan fingerprint density at radius 1 is 1.29 bits per heavy atom. The van der Waals surface area contributed by atoms with Crippen molar-refractivity contribution in [2.75, 3.05) is 38.1 Å². The number of nitrogens with one attached hydrogen (secondary N) is 1. The maximum atomic E-state index is 11.2. The molecule has 1 aromatic rings. The van der Waals surface area contributed by atoms with Crippen LogP contribution in [-0.4, -0.2) is 60.3 Å². The van der Waals surface area contributed by atoms with E-state index in [-0.39, 0.29) is 11.3 Å². The topological polar surface area (TPSA) is 61.4 Å². The summed E-state index contributed by atoms with van der Waals surface area (Å²) < 4.78 is 0. The Balaban J connectivity index is 1.47. The largest absolute Gasteiger partial charge is 0.356 e. The fraction of sp³-hybridized carbons (Fsp3) is 0.722. The molecule has 3 rings (SSSR count). The molecule has 1 aromatic heterocycles. The third-order valence-electron chi connectivity index (χ3n) is 5.14. The number of likely N-dealkylation sites (N-methyl/N-ethyl adjacent to an activating group) is 1. The van der Waals surface area contributed by atoms with Gasteiger partial charge in [-0.05, 0) is 31.5 Å². The van der Waals surface area contributed by atoms with Crippen LogP contribution in [0, 0.1) is 5.92 Å². The molecule has 0 bridgehead atoms. The third-order valence-corrected chi connectivity index (χ3v) is 5.14. The van der Waals surface area contributed by atoms with Gasteiger partial charge in [-0.2, -0.15) is 5.10 Å². The van der Waals surface area contributed by atoms with Crippen LogP contribution in [-0.2, 0) is 10.2 Å². The van der Waals surface area contributed by atoms with Crippen molar-refractivity contribution >= 4 is 11.7 Å². The lowest BCUT2D eigenvalue weighted by atomic mass is 9.92. The molecule has 1 N–H and O–H groups in total. The van der Waals surface area contributed by atoms with Crippen LogP contribution in [0.2, 0.25) is 0 Å². The summed E-state index contributed by atoms with van der Waals surface area (Å²) in [5.74, 6) is 1.74. The average molecular weight is 331 g/mol. The van der Waals surface area contributed by atoms with Crippen LogP contribution in [0.25, 0.3) is 0 Å². The molecule has 0 aliphatic carbocycles. The summed E-state index contributed by atoms with van der Waals surface area (Å²) in [7, 11) is 2.19. The highest BCUT2D eigenvalue weighted by Crippen LogP contribution is 2.25. The number of aromatic nitrogens is 2. The molecule has 2 aliphatic rings. The molecule has 0 radical (unpaired) electrons.